The van der Waals surface area contributed by atoms with E-state index < -0.39 is 0 Å². The molecule has 2 amide bonds. The van der Waals surface area contributed by atoms with Gasteiger partial charge in [0.2, 0.25) is 0 Å². The smallest absolute Gasteiger partial charge is 0.317 e. The number of unbranched alkanes of at least 4 members (excludes halogenated alkanes) is 1. The van der Waals surface area contributed by atoms with Crippen LogP contribution in [0.3, 0.4) is 0 Å². The van der Waals surface area contributed by atoms with Gasteiger partial charge in [0.05, 0.1) is 0 Å². The zero-order chi connectivity index (χ0) is 15.2. The molecule has 4 nitrogen and oxygen atoms in total. The van der Waals surface area contributed by atoms with Crippen LogP contribution < -0.4 is 10.2 Å². The number of carbonyl (C=O) groups is 1. The van der Waals surface area contributed by atoms with Crippen molar-refractivity contribution in [3.8, 4) is 0 Å². The first-order valence-electron chi connectivity index (χ1n) is 7.98. The maximum absolute atomic E-state index is 12.1. The van der Waals surface area contributed by atoms with Gasteiger partial charge in [0.1, 0.15) is 0 Å². The fraction of sp³-hybridized carbons (Fsp3) is 0.588. The van der Waals surface area contributed by atoms with E-state index in [4.69, 9.17) is 0 Å². The van der Waals surface area contributed by atoms with Crippen molar-refractivity contribution >= 4 is 11.7 Å². The summed E-state index contributed by atoms with van der Waals surface area (Å²) < 4.78 is 0. The van der Waals surface area contributed by atoms with Crippen LogP contribution in [0.1, 0.15) is 32.3 Å². The van der Waals surface area contributed by atoms with Crippen molar-refractivity contribution in [1.82, 2.24) is 10.2 Å². The number of nitrogens with one attached hydrogen (secondary N) is 1. The average molecular weight is 289 g/mol. The first-order chi connectivity index (χ1) is 10.1. The van der Waals surface area contributed by atoms with E-state index in [0.29, 0.717) is 6.04 Å². The Morgan fingerprint density at radius 3 is 2.62 bits per heavy atom. The number of urea groups is 1. The molecule has 2 rings (SSSR count). The summed E-state index contributed by atoms with van der Waals surface area (Å²) in [6.45, 7) is 9.67. The minimum absolute atomic E-state index is 0.0823. The first kappa shape index (κ1) is 15.7. The van der Waals surface area contributed by atoms with Gasteiger partial charge in [-0.25, -0.2) is 4.79 Å². The molecule has 0 unspecified atom stereocenters. The van der Waals surface area contributed by atoms with E-state index >= 15 is 0 Å². The molecule has 1 aromatic carbocycles. The number of aryl methyl sites for hydroxylation is 1. The van der Waals surface area contributed by atoms with Crippen LogP contribution in [0.4, 0.5) is 10.5 Å². The molecule has 0 saturated carbocycles. The third-order valence-electron chi connectivity index (χ3n) is 4.09. The fourth-order valence-corrected chi connectivity index (χ4v) is 2.75. The maximum atomic E-state index is 12.1. The number of amides is 2. The molecule has 21 heavy (non-hydrogen) atoms. The highest BCUT2D eigenvalue weighted by molar-refractivity contribution is 5.74. The normalized spacial score (nSPS) is 18.7. The van der Waals surface area contributed by atoms with Gasteiger partial charge < -0.3 is 15.1 Å². The van der Waals surface area contributed by atoms with E-state index in [2.05, 4.69) is 55.3 Å². The SMILES string of the molecule is CCCCNC(=O)N1CCN(c2ccc(C)cc2)[C@H](C)C1. The van der Waals surface area contributed by atoms with Crippen LogP contribution in [0.5, 0.6) is 0 Å². The number of benzene rings is 1. The van der Waals surface area contributed by atoms with Crippen LogP contribution in [0.2, 0.25) is 0 Å². The summed E-state index contributed by atoms with van der Waals surface area (Å²) in [5.41, 5.74) is 2.53. The van der Waals surface area contributed by atoms with Crippen molar-refractivity contribution in [2.75, 3.05) is 31.1 Å². The molecule has 0 aliphatic carbocycles. The zero-order valence-electron chi connectivity index (χ0n) is 13.4. The predicted molar refractivity (Wildman–Crippen MR) is 87.9 cm³/mol. The lowest BCUT2D eigenvalue weighted by Gasteiger charge is -2.41. The van der Waals surface area contributed by atoms with E-state index in [9.17, 15) is 4.79 Å². The maximum Gasteiger partial charge on any atom is 0.317 e. The number of hydrogen-bond acceptors (Lipinski definition) is 2. The number of rotatable bonds is 4. The molecule has 0 bridgehead atoms. The lowest BCUT2D eigenvalue weighted by Crippen LogP contribution is -2.56. The lowest BCUT2D eigenvalue weighted by molar-refractivity contribution is 0.186. The fourth-order valence-electron chi connectivity index (χ4n) is 2.75. The van der Waals surface area contributed by atoms with Crippen LogP contribution in [-0.2, 0) is 0 Å². The summed E-state index contributed by atoms with van der Waals surface area (Å²) in [6, 6.07) is 9.06. The standard InChI is InChI=1S/C17H27N3O/c1-4-5-10-18-17(21)19-11-12-20(15(3)13-19)16-8-6-14(2)7-9-16/h6-9,15H,4-5,10-13H2,1-3H3,(H,18,21)/t15-/m1/s1. The molecular weight excluding hydrogens is 262 g/mol. The second kappa shape index (κ2) is 7.34. The molecule has 1 fully saturated rings. The van der Waals surface area contributed by atoms with Crippen molar-refractivity contribution in [2.45, 2.75) is 39.7 Å². The summed E-state index contributed by atoms with van der Waals surface area (Å²) in [7, 11) is 0. The van der Waals surface area contributed by atoms with Gasteiger partial charge in [0.25, 0.3) is 0 Å². The molecule has 116 valence electrons. The monoisotopic (exact) mass is 289 g/mol. The van der Waals surface area contributed by atoms with Gasteiger partial charge in [0.15, 0.2) is 0 Å². The van der Waals surface area contributed by atoms with Crippen LogP contribution in [0.15, 0.2) is 24.3 Å². The van der Waals surface area contributed by atoms with Crippen molar-refractivity contribution < 1.29 is 4.79 Å². The summed E-state index contributed by atoms with van der Waals surface area (Å²) in [5.74, 6) is 0. The Labute approximate surface area is 128 Å². The average Bonchev–Trinajstić information content (AvgIpc) is 2.48. The first-order valence-corrected chi connectivity index (χ1v) is 7.98. The van der Waals surface area contributed by atoms with Crippen molar-refractivity contribution in [3.63, 3.8) is 0 Å². The molecule has 0 spiro atoms. The Morgan fingerprint density at radius 2 is 2.00 bits per heavy atom. The molecule has 1 aliphatic rings. The van der Waals surface area contributed by atoms with Crippen LogP contribution in [-0.4, -0.2) is 43.2 Å². The van der Waals surface area contributed by atoms with Crippen molar-refractivity contribution in [1.29, 1.82) is 0 Å². The molecular formula is C17H27N3O. The number of anilines is 1. The van der Waals surface area contributed by atoms with E-state index in [-0.39, 0.29) is 6.03 Å². The van der Waals surface area contributed by atoms with E-state index in [1.807, 2.05) is 4.90 Å². The third-order valence-corrected chi connectivity index (χ3v) is 4.09. The van der Waals surface area contributed by atoms with Gasteiger partial charge in [0, 0.05) is 37.9 Å². The lowest BCUT2D eigenvalue weighted by atomic mass is 10.1. The van der Waals surface area contributed by atoms with E-state index in [1.54, 1.807) is 0 Å². The van der Waals surface area contributed by atoms with Crippen molar-refractivity contribution in [2.24, 2.45) is 0 Å². The Balaban J connectivity index is 1.89. The van der Waals surface area contributed by atoms with Crippen LogP contribution in [0.25, 0.3) is 0 Å². The molecule has 0 aromatic heterocycles. The molecule has 1 N–H and O–H groups in total. The number of nitrogens with zero attached hydrogens (tertiary/aromatic N) is 2. The Hall–Kier alpha value is -1.71. The van der Waals surface area contributed by atoms with Gasteiger partial charge in [-0.2, -0.15) is 0 Å². The van der Waals surface area contributed by atoms with Crippen molar-refractivity contribution in [3.05, 3.63) is 29.8 Å². The summed E-state index contributed by atoms with van der Waals surface area (Å²) >= 11 is 0. The Kier molecular flexibility index (Phi) is 5.48. The van der Waals surface area contributed by atoms with Crippen LogP contribution in [0, 0.1) is 6.92 Å². The quantitative estimate of drug-likeness (QED) is 0.865. The summed E-state index contributed by atoms with van der Waals surface area (Å²) in [5, 5.41) is 3.00. The molecule has 1 aliphatic heterocycles. The minimum atomic E-state index is 0.0823. The topological polar surface area (TPSA) is 35.6 Å². The number of hydrogen-bond donors (Lipinski definition) is 1. The van der Waals surface area contributed by atoms with E-state index in [0.717, 1.165) is 39.0 Å². The van der Waals surface area contributed by atoms with Crippen LogP contribution >= 0.6 is 0 Å². The largest absolute Gasteiger partial charge is 0.365 e. The third kappa shape index (κ3) is 4.13. The summed E-state index contributed by atoms with van der Waals surface area (Å²) in [6.07, 6.45) is 2.16. The van der Waals surface area contributed by atoms with Gasteiger partial charge in [-0.15, -0.1) is 0 Å². The molecule has 0 radical (unpaired) electrons. The van der Waals surface area contributed by atoms with E-state index in [1.165, 1.54) is 11.3 Å². The van der Waals surface area contributed by atoms with Gasteiger partial charge >= 0.3 is 6.03 Å². The molecule has 1 aromatic rings. The Morgan fingerprint density at radius 1 is 1.29 bits per heavy atom. The van der Waals surface area contributed by atoms with Gasteiger partial charge in [-0.1, -0.05) is 31.0 Å². The minimum Gasteiger partial charge on any atom is -0.365 e. The highest BCUT2D eigenvalue weighted by atomic mass is 16.2. The second-order valence-electron chi connectivity index (χ2n) is 5.91. The molecule has 1 saturated heterocycles. The highest BCUT2D eigenvalue weighted by Crippen LogP contribution is 2.21. The second-order valence-corrected chi connectivity index (χ2v) is 5.91. The highest BCUT2D eigenvalue weighted by Gasteiger charge is 2.26. The Bertz CT molecular complexity index is 458. The molecule has 4 heteroatoms. The summed E-state index contributed by atoms with van der Waals surface area (Å²) in [4.78, 5) is 16.4. The van der Waals surface area contributed by atoms with Gasteiger partial charge in [-0.05, 0) is 32.4 Å². The molecule has 1 atom stereocenters. The zero-order valence-corrected chi connectivity index (χ0v) is 13.4. The number of piperazine rings is 1. The number of carbonyl (C=O) groups excluding carboxylic acids is 1. The molecule has 1 heterocycles. The van der Waals surface area contributed by atoms with Gasteiger partial charge in [-0.3, -0.25) is 0 Å². The predicted octanol–water partition coefficient (Wildman–Crippen LogP) is 3.02.